The topological polar surface area (TPSA) is 3.24 Å². The largest absolute Gasteiger partial charge is 0.296 e. The molecule has 0 atom stereocenters. The van der Waals surface area contributed by atoms with E-state index in [-0.39, 0.29) is 0 Å². The van der Waals surface area contributed by atoms with Crippen molar-refractivity contribution in [3.05, 3.63) is 12.2 Å². The van der Waals surface area contributed by atoms with Crippen molar-refractivity contribution in [1.29, 1.82) is 0 Å². The lowest BCUT2D eigenvalue weighted by Gasteiger charge is -2.53. The second-order valence-corrected chi connectivity index (χ2v) is 5.88. The highest BCUT2D eigenvalue weighted by Crippen LogP contribution is 2.40. The van der Waals surface area contributed by atoms with Crippen molar-refractivity contribution in [3.8, 4) is 0 Å². The van der Waals surface area contributed by atoms with Gasteiger partial charge in [-0.3, -0.25) is 4.90 Å². The first kappa shape index (κ1) is 11.8. The van der Waals surface area contributed by atoms with Crippen molar-refractivity contribution in [2.24, 2.45) is 5.92 Å². The Morgan fingerprint density at radius 3 is 1.86 bits per heavy atom. The molecule has 1 rings (SSSR count). The van der Waals surface area contributed by atoms with Crippen LogP contribution in [0.3, 0.4) is 0 Å². The number of nitrogens with zero attached hydrogens (tertiary/aromatic N) is 1. The van der Waals surface area contributed by atoms with E-state index < -0.39 is 0 Å². The minimum Gasteiger partial charge on any atom is -0.296 e. The highest BCUT2D eigenvalue weighted by molar-refractivity contribution is 5.03. The summed E-state index contributed by atoms with van der Waals surface area (Å²) in [6, 6.07) is 0. The van der Waals surface area contributed by atoms with Gasteiger partial charge < -0.3 is 0 Å². The lowest BCUT2D eigenvalue weighted by Crippen LogP contribution is -2.58. The minimum atomic E-state index is 0.325. The Morgan fingerprint density at radius 1 is 1.07 bits per heavy atom. The Morgan fingerprint density at radius 2 is 1.50 bits per heavy atom. The van der Waals surface area contributed by atoms with Crippen molar-refractivity contribution in [2.75, 3.05) is 7.05 Å². The van der Waals surface area contributed by atoms with Gasteiger partial charge in [-0.05, 0) is 60.4 Å². The summed E-state index contributed by atoms with van der Waals surface area (Å²) in [5.41, 5.74) is 0.651. The van der Waals surface area contributed by atoms with E-state index in [0.29, 0.717) is 11.1 Å². The lowest BCUT2D eigenvalue weighted by atomic mass is 9.74. The molecule has 1 heterocycles. The van der Waals surface area contributed by atoms with Crippen molar-refractivity contribution < 1.29 is 0 Å². The molecule has 1 aliphatic rings. The maximum atomic E-state index is 2.53. The summed E-state index contributed by atoms with van der Waals surface area (Å²) >= 11 is 0. The second-order valence-electron chi connectivity index (χ2n) is 5.88. The zero-order valence-electron chi connectivity index (χ0n) is 10.6. The van der Waals surface area contributed by atoms with Gasteiger partial charge in [-0.2, -0.15) is 0 Å². The molecule has 0 amide bonds. The highest BCUT2D eigenvalue weighted by atomic mass is 15.2. The third-order valence-electron chi connectivity index (χ3n) is 3.80. The van der Waals surface area contributed by atoms with Gasteiger partial charge in [-0.1, -0.05) is 12.2 Å². The molecule has 0 aromatic carbocycles. The molecular weight excluding hydrogens is 170 g/mol. The zero-order chi connectivity index (χ0) is 11.0. The Hall–Kier alpha value is -0.300. The molecule has 0 bridgehead atoms. The third kappa shape index (κ3) is 2.20. The molecule has 1 heteroatoms. The molecule has 14 heavy (non-hydrogen) atoms. The van der Waals surface area contributed by atoms with E-state index in [1.54, 1.807) is 0 Å². The predicted octanol–water partition coefficient (Wildman–Crippen LogP) is 3.46. The van der Waals surface area contributed by atoms with Gasteiger partial charge in [0.1, 0.15) is 0 Å². The minimum absolute atomic E-state index is 0.325. The van der Waals surface area contributed by atoms with E-state index in [2.05, 4.69) is 58.7 Å². The Kier molecular flexibility index (Phi) is 3.10. The standard InChI is InChI=1S/C13H25N/c1-7-8-11-9-12(2,3)14(6)13(4,5)10-11/h7-8,11H,9-10H2,1-6H3. The quantitative estimate of drug-likeness (QED) is 0.579. The zero-order valence-corrected chi connectivity index (χ0v) is 10.6. The van der Waals surface area contributed by atoms with Crippen molar-refractivity contribution in [2.45, 2.75) is 58.5 Å². The fourth-order valence-corrected chi connectivity index (χ4v) is 2.86. The van der Waals surface area contributed by atoms with Crippen LogP contribution in [0.5, 0.6) is 0 Å². The van der Waals surface area contributed by atoms with Gasteiger partial charge in [0.25, 0.3) is 0 Å². The van der Waals surface area contributed by atoms with Gasteiger partial charge in [-0.25, -0.2) is 0 Å². The fourth-order valence-electron chi connectivity index (χ4n) is 2.86. The smallest absolute Gasteiger partial charge is 0.0161 e. The van der Waals surface area contributed by atoms with Crippen LogP contribution in [0.15, 0.2) is 12.2 Å². The summed E-state index contributed by atoms with van der Waals surface area (Å²) in [5.74, 6) is 0.751. The number of allylic oxidation sites excluding steroid dienone is 2. The monoisotopic (exact) mass is 195 g/mol. The molecule has 1 fully saturated rings. The Balaban J connectivity index is 2.86. The van der Waals surface area contributed by atoms with Crippen molar-refractivity contribution in [1.82, 2.24) is 4.90 Å². The average Bonchev–Trinajstić information content (AvgIpc) is 1.99. The van der Waals surface area contributed by atoms with Crippen LogP contribution in [-0.2, 0) is 0 Å². The summed E-state index contributed by atoms with van der Waals surface area (Å²) in [7, 11) is 2.26. The molecular formula is C13H25N. The molecule has 0 spiro atoms. The molecule has 0 aliphatic carbocycles. The first-order chi connectivity index (χ1) is 6.29. The maximum Gasteiger partial charge on any atom is 0.0161 e. The van der Waals surface area contributed by atoms with Crippen LogP contribution in [0.2, 0.25) is 0 Å². The van der Waals surface area contributed by atoms with Gasteiger partial charge in [0.05, 0.1) is 0 Å². The number of hydrogen-bond acceptors (Lipinski definition) is 1. The summed E-state index contributed by atoms with van der Waals surface area (Å²) < 4.78 is 0. The van der Waals surface area contributed by atoms with Crippen LogP contribution in [0, 0.1) is 5.92 Å². The molecule has 0 N–H and O–H groups in total. The molecule has 0 unspecified atom stereocenters. The van der Waals surface area contributed by atoms with E-state index in [4.69, 9.17) is 0 Å². The molecule has 0 aromatic rings. The average molecular weight is 195 g/mol. The third-order valence-corrected chi connectivity index (χ3v) is 3.80. The maximum absolute atomic E-state index is 2.53. The van der Waals surface area contributed by atoms with Crippen molar-refractivity contribution in [3.63, 3.8) is 0 Å². The van der Waals surface area contributed by atoms with Gasteiger partial charge in [-0.15, -0.1) is 0 Å². The molecule has 0 saturated carbocycles. The fraction of sp³-hybridized carbons (Fsp3) is 0.846. The SMILES string of the molecule is CC=CC1CC(C)(C)N(C)C(C)(C)C1. The van der Waals surface area contributed by atoms with E-state index >= 15 is 0 Å². The molecule has 1 saturated heterocycles. The number of piperidine rings is 1. The normalized spacial score (nSPS) is 28.4. The van der Waals surface area contributed by atoms with Gasteiger partial charge in [0.2, 0.25) is 0 Å². The van der Waals surface area contributed by atoms with E-state index in [1.165, 1.54) is 12.8 Å². The van der Waals surface area contributed by atoms with Gasteiger partial charge in [0.15, 0.2) is 0 Å². The van der Waals surface area contributed by atoms with Gasteiger partial charge >= 0.3 is 0 Å². The van der Waals surface area contributed by atoms with Crippen LogP contribution >= 0.6 is 0 Å². The van der Waals surface area contributed by atoms with Crippen LogP contribution in [0.1, 0.15) is 47.5 Å². The van der Waals surface area contributed by atoms with Crippen LogP contribution < -0.4 is 0 Å². The molecule has 1 aliphatic heterocycles. The molecule has 0 aromatic heterocycles. The summed E-state index contributed by atoms with van der Waals surface area (Å²) in [5, 5.41) is 0. The molecule has 0 radical (unpaired) electrons. The predicted molar refractivity (Wildman–Crippen MR) is 63.5 cm³/mol. The molecule has 82 valence electrons. The lowest BCUT2D eigenvalue weighted by molar-refractivity contribution is -0.0194. The Bertz CT molecular complexity index is 207. The number of likely N-dealkylation sites (tertiary alicyclic amines) is 1. The molecule has 1 nitrogen and oxygen atoms in total. The summed E-state index contributed by atoms with van der Waals surface area (Å²) in [6.45, 7) is 11.5. The van der Waals surface area contributed by atoms with Crippen LogP contribution in [-0.4, -0.2) is 23.0 Å². The van der Waals surface area contributed by atoms with Crippen LogP contribution in [0.4, 0.5) is 0 Å². The highest BCUT2D eigenvalue weighted by Gasteiger charge is 2.41. The van der Waals surface area contributed by atoms with E-state index in [0.717, 1.165) is 5.92 Å². The van der Waals surface area contributed by atoms with E-state index in [9.17, 15) is 0 Å². The Labute approximate surface area is 89.2 Å². The van der Waals surface area contributed by atoms with E-state index in [1.807, 2.05) is 0 Å². The van der Waals surface area contributed by atoms with Crippen LogP contribution in [0.25, 0.3) is 0 Å². The van der Waals surface area contributed by atoms with Crippen molar-refractivity contribution >= 4 is 0 Å². The number of rotatable bonds is 1. The first-order valence-corrected chi connectivity index (χ1v) is 5.66. The number of hydrogen-bond donors (Lipinski definition) is 0. The first-order valence-electron chi connectivity index (χ1n) is 5.66. The summed E-state index contributed by atoms with van der Waals surface area (Å²) in [6.07, 6.45) is 7.12. The summed E-state index contributed by atoms with van der Waals surface area (Å²) in [4.78, 5) is 2.53. The second kappa shape index (κ2) is 3.69. The van der Waals surface area contributed by atoms with Gasteiger partial charge in [0, 0.05) is 11.1 Å².